The number of carbonyl (C=O) groups excluding carboxylic acids is 2. The number of hydrogen-bond acceptors (Lipinski definition) is 3. The van der Waals surface area contributed by atoms with Crippen LogP contribution in [0.15, 0.2) is 48.5 Å². The predicted molar refractivity (Wildman–Crippen MR) is 115 cm³/mol. The zero-order valence-electron chi connectivity index (χ0n) is 16.7. The molecule has 2 aliphatic rings. The third kappa shape index (κ3) is 3.63. The average Bonchev–Trinajstić information content (AvgIpc) is 3.25. The van der Waals surface area contributed by atoms with Gasteiger partial charge >= 0.3 is 0 Å². The quantitative estimate of drug-likeness (QED) is 0.596. The fraction of sp³-hybridized carbons (Fsp3) is 0.250. The molecule has 7 heteroatoms. The van der Waals surface area contributed by atoms with Gasteiger partial charge in [0.1, 0.15) is 0 Å². The van der Waals surface area contributed by atoms with E-state index in [-0.39, 0.29) is 17.4 Å². The van der Waals surface area contributed by atoms with Crippen LogP contribution in [-0.4, -0.2) is 47.8 Å². The monoisotopic (exact) mass is 438 g/mol. The largest absolute Gasteiger partial charge is 0.335 e. The predicted octanol–water partition coefficient (Wildman–Crippen LogP) is 4.39. The number of hydrogen-bond donors (Lipinski definition) is 0. The molecule has 0 spiro atoms. The minimum Gasteiger partial charge on any atom is -0.335 e. The molecule has 158 valence electrons. The third-order valence-electron chi connectivity index (χ3n) is 5.97. The van der Waals surface area contributed by atoms with Crippen molar-refractivity contribution in [3.05, 3.63) is 81.7 Å². The molecule has 1 fully saturated rings. The van der Waals surface area contributed by atoms with Gasteiger partial charge in [0, 0.05) is 36.6 Å². The van der Waals surface area contributed by atoms with Crippen LogP contribution in [0.1, 0.15) is 31.2 Å². The van der Waals surface area contributed by atoms with Crippen LogP contribution in [0.5, 0.6) is 0 Å². The second kappa shape index (κ2) is 7.89. The summed E-state index contributed by atoms with van der Waals surface area (Å²) in [7, 11) is 0. The molecule has 1 aliphatic carbocycles. The first-order valence-electron chi connectivity index (χ1n) is 10.3. The Morgan fingerprint density at radius 1 is 0.774 bits per heavy atom. The van der Waals surface area contributed by atoms with Crippen LogP contribution in [0.3, 0.4) is 0 Å². The minimum absolute atomic E-state index is 0.0168. The standard InChI is InChI=1S/C24H20F2N2O2S/c25-19-8-7-17(13-20(19)26)23(29)27-9-11-28(12-10-27)24(30)21-14-16-6-5-15-3-1-2-4-18(15)22(16)31-21/h1-4,7-8,13-14H,5-6,9-12H2. The summed E-state index contributed by atoms with van der Waals surface area (Å²) in [5, 5.41) is 0. The first-order valence-corrected chi connectivity index (χ1v) is 11.1. The van der Waals surface area contributed by atoms with Crippen molar-refractivity contribution >= 4 is 23.2 Å². The maximum Gasteiger partial charge on any atom is 0.264 e. The summed E-state index contributed by atoms with van der Waals surface area (Å²) in [6.45, 7) is 1.54. The maximum atomic E-state index is 13.5. The van der Waals surface area contributed by atoms with E-state index in [0.29, 0.717) is 26.2 Å². The van der Waals surface area contributed by atoms with Crippen molar-refractivity contribution in [2.24, 2.45) is 0 Å². The highest BCUT2D eigenvalue weighted by atomic mass is 32.1. The van der Waals surface area contributed by atoms with Gasteiger partial charge in [-0.3, -0.25) is 9.59 Å². The topological polar surface area (TPSA) is 40.6 Å². The summed E-state index contributed by atoms with van der Waals surface area (Å²) in [6.07, 6.45) is 1.92. The zero-order chi connectivity index (χ0) is 21.5. The molecule has 5 rings (SSSR count). The third-order valence-corrected chi connectivity index (χ3v) is 7.16. The van der Waals surface area contributed by atoms with Crippen molar-refractivity contribution in [2.75, 3.05) is 26.2 Å². The number of halogens is 2. The minimum atomic E-state index is -1.04. The van der Waals surface area contributed by atoms with Gasteiger partial charge in [0.2, 0.25) is 0 Å². The van der Waals surface area contributed by atoms with Gasteiger partial charge in [0.15, 0.2) is 11.6 Å². The molecule has 0 radical (unpaired) electrons. The number of thiophene rings is 1. The van der Waals surface area contributed by atoms with Crippen LogP contribution >= 0.6 is 11.3 Å². The Morgan fingerprint density at radius 2 is 1.45 bits per heavy atom. The summed E-state index contributed by atoms with van der Waals surface area (Å²) >= 11 is 1.54. The molecule has 0 atom stereocenters. The molecule has 2 aromatic carbocycles. The molecule has 0 bridgehead atoms. The van der Waals surface area contributed by atoms with Gasteiger partial charge in [-0.15, -0.1) is 11.3 Å². The molecular weight excluding hydrogens is 418 g/mol. The molecule has 2 amide bonds. The zero-order valence-corrected chi connectivity index (χ0v) is 17.6. The molecule has 2 heterocycles. The number of rotatable bonds is 2. The molecule has 31 heavy (non-hydrogen) atoms. The van der Waals surface area contributed by atoms with Crippen LogP contribution in [0.2, 0.25) is 0 Å². The number of carbonyl (C=O) groups is 2. The smallest absolute Gasteiger partial charge is 0.264 e. The Morgan fingerprint density at radius 3 is 2.19 bits per heavy atom. The van der Waals surface area contributed by atoms with Gasteiger partial charge in [-0.25, -0.2) is 8.78 Å². The van der Waals surface area contributed by atoms with E-state index in [2.05, 4.69) is 12.1 Å². The lowest BCUT2D eigenvalue weighted by Crippen LogP contribution is -2.50. The van der Waals surface area contributed by atoms with Gasteiger partial charge in [-0.05, 0) is 53.8 Å². The number of piperazine rings is 1. The number of aryl methyl sites for hydroxylation is 2. The van der Waals surface area contributed by atoms with Gasteiger partial charge in [-0.1, -0.05) is 24.3 Å². The highest BCUT2D eigenvalue weighted by molar-refractivity contribution is 7.17. The number of fused-ring (bicyclic) bond motifs is 3. The Kier molecular flexibility index (Phi) is 5.06. The molecule has 1 saturated heterocycles. The van der Waals surface area contributed by atoms with Gasteiger partial charge in [-0.2, -0.15) is 0 Å². The lowest BCUT2D eigenvalue weighted by atomic mass is 9.91. The Hall–Kier alpha value is -3.06. The van der Waals surface area contributed by atoms with Crippen LogP contribution < -0.4 is 0 Å². The SMILES string of the molecule is O=C(c1ccc(F)c(F)c1)N1CCN(C(=O)c2cc3c(s2)-c2ccccc2CC3)CC1. The van der Waals surface area contributed by atoms with E-state index in [9.17, 15) is 18.4 Å². The van der Waals surface area contributed by atoms with Gasteiger partial charge in [0.25, 0.3) is 11.8 Å². The summed E-state index contributed by atoms with van der Waals surface area (Å²) in [4.78, 5) is 30.9. The lowest BCUT2D eigenvalue weighted by Gasteiger charge is -2.34. The highest BCUT2D eigenvalue weighted by Crippen LogP contribution is 2.39. The van der Waals surface area contributed by atoms with E-state index < -0.39 is 11.6 Å². The van der Waals surface area contributed by atoms with E-state index in [0.717, 1.165) is 29.9 Å². The summed E-state index contributed by atoms with van der Waals surface area (Å²) in [5.41, 5.74) is 3.87. The van der Waals surface area contributed by atoms with E-state index in [1.54, 1.807) is 9.80 Å². The maximum absolute atomic E-state index is 13.5. The molecule has 0 unspecified atom stereocenters. The Labute approximate surface area is 182 Å². The molecule has 1 aliphatic heterocycles. The van der Waals surface area contributed by atoms with Crippen LogP contribution in [0.25, 0.3) is 10.4 Å². The average molecular weight is 438 g/mol. The Balaban J connectivity index is 1.27. The van der Waals surface area contributed by atoms with Crippen LogP contribution in [0, 0.1) is 11.6 Å². The van der Waals surface area contributed by atoms with E-state index in [4.69, 9.17) is 0 Å². The fourth-order valence-electron chi connectivity index (χ4n) is 4.26. The van der Waals surface area contributed by atoms with E-state index >= 15 is 0 Å². The van der Waals surface area contributed by atoms with Gasteiger partial charge < -0.3 is 9.80 Å². The van der Waals surface area contributed by atoms with Crippen molar-refractivity contribution in [1.29, 1.82) is 0 Å². The first kappa shape index (κ1) is 19.9. The molecular formula is C24H20F2N2O2S. The summed E-state index contributed by atoms with van der Waals surface area (Å²) in [5.74, 6) is -2.39. The second-order valence-electron chi connectivity index (χ2n) is 7.84. The number of nitrogens with zero attached hydrogens (tertiary/aromatic N) is 2. The Bertz CT molecular complexity index is 1180. The van der Waals surface area contributed by atoms with Crippen LogP contribution in [0.4, 0.5) is 8.78 Å². The summed E-state index contributed by atoms with van der Waals surface area (Å²) in [6, 6.07) is 13.5. The van der Waals surface area contributed by atoms with Crippen molar-refractivity contribution in [2.45, 2.75) is 12.8 Å². The van der Waals surface area contributed by atoms with Crippen molar-refractivity contribution in [3.63, 3.8) is 0 Å². The lowest BCUT2D eigenvalue weighted by molar-refractivity contribution is 0.0538. The molecule has 1 aromatic heterocycles. The highest BCUT2D eigenvalue weighted by Gasteiger charge is 2.28. The van der Waals surface area contributed by atoms with Gasteiger partial charge in [0.05, 0.1) is 4.88 Å². The van der Waals surface area contributed by atoms with Crippen molar-refractivity contribution in [1.82, 2.24) is 9.80 Å². The molecule has 0 N–H and O–H groups in total. The number of amides is 2. The molecule has 0 saturated carbocycles. The molecule has 3 aromatic rings. The second-order valence-corrected chi connectivity index (χ2v) is 8.89. The summed E-state index contributed by atoms with van der Waals surface area (Å²) < 4.78 is 26.6. The van der Waals surface area contributed by atoms with E-state index in [1.807, 2.05) is 18.2 Å². The molecule has 4 nitrogen and oxygen atoms in total. The fourth-order valence-corrected chi connectivity index (χ4v) is 5.50. The van der Waals surface area contributed by atoms with E-state index in [1.165, 1.54) is 39.0 Å². The number of benzene rings is 2. The van der Waals surface area contributed by atoms with Crippen molar-refractivity contribution < 1.29 is 18.4 Å². The van der Waals surface area contributed by atoms with Crippen molar-refractivity contribution in [3.8, 4) is 10.4 Å². The normalized spacial score (nSPS) is 15.4. The first-order chi connectivity index (χ1) is 15.0. The van der Waals surface area contributed by atoms with Crippen LogP contribution in [-0.2, 0) is 12.8 Å².